The molecule has 0 aromatic heterocycles. The second-order valence-electron chi connectivity index (χ2n) is 7.62. The van der Waals surface area contributed by atoms with Crippen molar-refractivity contribution in [3.05, 3.63) is 35.4 Å². The number of ether oxygens (including phenoxy) is 1. The summed E-state index contributed by atoms with van der Waals surface area (Å²) in [5.74, 6) is 0.766. The van der Waals surface area contributed by atoms with Crippen LogP contribution in [0.3, 0.4) is 0 Å². The highest BCUT2D eigenvalue weighted by Crippen LogP contribution is 2.20. The molecule has 2 N–H and O–H groups in total. The van der Waals surface area contributed by atoms with E-state index >= 15 is 0 Å². The molecule has 7 heteroatoms. The van der Waals surface area contributed by atoms with E-state index in [0.29, 0.717) is 12.1 Å². The summed E-state index contributed by atoms with van der Waals surface area (Å²) in [5, 5.41) is 6.62. The predicted molar refractivity (Wildman–Crippen MR) is 123 cm³/mol. The Morgan fingerprint density at radius 1 is 1.26 bits per heavy atom. The number of nitrogens with zero attached hydrogens (tertiary/aromatic N) is 2. The molecule has 0 aliphatic carbocycles. The highest BCUT2D eigenvalue weighted by molar-refractivity contribution is 14.0. The van der Waals surface area contributed by atoms with Gasteiger partial charge in [0, 0.05) is 46.9 Å². The number of nitrogens with one attached hydrogen (secondary N) is 2. The number of carbonyl (C=O) groups is 1. The summed E-state index contributed by atoms with van der Waals surface area (Å²) < 4.78 is 5.56. The number of halogens is 1. The second-order valence-corrected chi connectivity index (χ2v) is 7.62. The number of benzene rings is 1. The van der Waals surface area contributed by atoms with Crippen molar-refractivity contribution in [2.24, 2.45) is 10.4 Å². The number of guanidine groups is 1. The van der Waals surface area contributed by atoms with Crippen LogP contribution in [0.2, 0.25) is 0 Å². The molecule has 0 spiro atoms. The smallest absolute Gasteiger partial charge is 0.253 e. The van der Waals surface area contributed by atoms with Crippen LogP contribution < -0.4 is 10.6 Å². The van der Waals surface area contributed by atoms with Gasteiger partial charge in [-0.15, -0.1) is 24.0 Å². The molecule has 0 saturated carbocycles. The molecule has 1 rings (SSSR count). The number of methoxy groups -OCH3 is 1. The maximum absolute atomic E-state index is 12.1. The lowest BCUT2D eigenvalue weighted by molar-refractivity contribution is 0.0205. The van der Waals surface area contributed by atoms with Crippen molar-refractivity contribution in [2.45, 2.75) is 33.3 Å². The SMILES string of the molecule is CN=C(NCCc1cccc(C(=O)N(C)C)c1)NCC(OC)C(C)(C)C.I. The fourth-order valence-electron chi connectivity index (χ4n) is 2.60. The lowest BCUT2D eigenvalue weighted by Crippen LogP contribution is -2.45. The Bertz CT molecular complexity index is 612. The van der Waals surface area contributed by atoms with E-state index in [4.69, 9.17) is 4.74 Å². The third-order valence-electron chi connectivity index (χ3n) is 4.22. The zero-order valence-corrected chi connectivity index (χ0v) is 20.0. The van der Waals surface area contributed by atoms with Gasteiger partial charge in [-0.25, -0.2) is 0 Å². The number of rotatable bonds is 7. The molecule has 0 fully saturated rings. The zero-order valence-electron chi connectivity index (χ0n) is 17.6. The Balaban J connectivity index is 0.00000676. The van der Waals surface area contributed by atoms with Gasteiger partial charge in [-0.2, -0.15) is 0 Å². The normalized spacial score (nSPS) is 12.8. The van der Waals surface area contributed by atoms with Gasteiger partial charge in [-0.3, -0.25) is 9.79 Å². The molecule has 6 nitrogen and oxygen atoms in total. The fourth-order valence-corrected chi connectivity index (χ4v) is 2.60. The first-order valence-corrected chi connectivity index (χ1v) is 8.97. The minimum absolute atomic E-state index is 0. The van der Waals surface area contributed by atoms with Crippen LogP contribution in [0.25, 0.3) is 0 Å². The Morgan fingerprint density at radius 3 is 2.44 bits per heavy atom. The van der Waals surface area contributed by atoms with Crippen LogP contribution in [0.15, 0.2) is 29.3 Å². The van der Waals surface area contributed by atoms with Gasteiger partial charge in [0.1, 0.15) is 0 Å². The number of carbonyl (C=O) groups excluding carboxylic acids is 1. The first kappa shape index (κ1) is 25.6. The van der Waals surface area contributed by atoms with Crippen LogP contribution in [0, 0.1) is 5.41 Å². The van der Waals surface area contributed by atoms with Crippen molar-refractivity contribution >= 4 is 35.8 Å². The summed E-state index contributed by atoms with van der Waals surface area (Å²) in [4.78, 5) is 17.9. The van der Waals surface area contributed by atoms with Crippen LogP contribution >= 0.6 is 24.0 Å². The van der Waals surface area contributed by atoms with Gasteiger partial charge in [0.25, 0.3) is 5.91 Å². The zero-order chi connectivity index (χ0) is 19.7. The maximum atomic E-state index is 12.1. The molecule has 0 aliphatic heterocycles. The summed E-state index contributed by atoms with van der Waals surface area (Å²) in [6.07, 6.45) is 0.900. The molecule has 1 aromatic rings. The Labute approximate surface area is 181 Å². The van der Waals surface area contributed by atoms with Crippen LogP contribution in [-0.2, 0) is 11.2 Å². The van der Waals surface area contributed by atoms with E-state index in [0.717, 1.165) is 24.5 Å². The molecule has 0 heterocycles. The largest absolute Gasteiger partial charge is 0.379 e. The van der Waals surface area contributed by atoms with Crippen molar-refractivity contribution in [1.82, 2.24) is 15.5 Å². The third kappa shape index (κ3) is 8.92. The van der Waals surface area contributed by atoms with Gasteiger partial charge >= 0.3 is 0 Å². The fraction of sp³-hybridized carbons (Fsp3) is 0.600. The Hall–Kier alpha value is -1.35. The van der Waals surface area contributed by atoms with Gasteiger partial charge in [0.15, 0.2) is 5.96 Å². The summed E-state index contributed by atoms with van der Waals surface area (Å²) >= 11 is 0. The molecule has 0 radical (unpaired) electrons. The highest BCUT2D eigenvalue weighted by Gasteiger charge is 2.24. The van der Waals surface area contributed by atoms with Gasteiger partial charge in [0.05, 0.1) is 6.10 Å². The van der Waals surface area contributed by atoms with E-state index < -0.39 is 0 Å². The Kier molecular flexibility index (Phi) is 11.6. The topological polar surface area (TPSA) is 66.0 Å². The van der Waals surface area contributed by atoms with Crippen molar-refractivity contribution < 1.29 is 9.53 Å². The van der Waals surface area contributed by atoms with Gasteiger partial charge in [0.2, 0.25) is 0 Å². The van der Waals surface area contributed by atoms with E-state index in [9.17, 15) is 4.79 Å². The summed E-state index contributed by atoms with van der Waals surface area (Å²) in [7, 11) is 7.01. The molecule has 0 aliphatic rings. The molecule has 1 aromatic carbocycles. The first-order valence-electron chi connectivity index (χ1n) is 8.97. The average molecular weight is 490 g/mol. The number of hydrogen-bond acceptors (Lipinski definition) is 3. The van der Waals surface area contributed by atoms with E-state index in [2.05, 4.69) is 36.4 Å². The molecule has 0 saturated heterocycles. The van der Waals surface area contributed by atoms with E-state index in [1.165, 1.54) is 0 Å². The lowest BCUT2D eigenvalue weighted by atomic mass is 9.89. The van der Waals surface area contributed by atoms with Gasteiger partial charge in [-0.1, -0.05) is 32.9 Å². The van der Waals surface area contributed by atoms with E-state index in [-0.39, 0.29) is 41.4 Å². The number of hydrogen-bond donors (Lipinski definition) is 2. The molecule has 1 unspecified atom stereocenters. The van der Waals surface area contributed by atoms with Crippen LogP contribution in [-0.4, -0.2) is 64.2 Å². The highest BCUT2D eigenvalue weighted by atomic mass is 127. The quantitative estimate of drug-likeness (QED) is 0.351. The van der Waals surface area contributed by atoms with Crippen LogP contribution in [0.1, 0.15) is 36.7 Å². The van der Waals surface area contributed by atoms with Crippen molar-refractivity contribution in [2.75, 3.05) is 41.3 Å². The number of aliphatic imine (C=N–C) groups is 1. The van der Waals surface area contributed by atoms with Gasteiger partial charge in [-0.05, 0) is 29.5 Å². The van der Waals surface area contributed by atoms with Crippen molar-refractivity contribution in [3.8, 4) is 0 Å². The summed E-state index contributed by atoms with van der Waals surface area (Å²) in [6, 6.07) is 7.74. The van der Waals surface area contributed by atoms with E-state index in [1.54, 1.807) is 33.2 Å². The van der Waals surface area contributed by atoms with Crippen LogP contribution in [0.5, 0.6) is 0 Å². The maximum Gasteiger partial charge on any atom is 0.253 e. The minimum Gasteiger partial charge on any atom is -0.379 e. The molecule has 154 valence electrons. The molecular weight excluding hydrogens is 455 g/mol. The number of amides is 1. The predicted octanol–water partition coefficient (Wildman–Crippen LogP) is 2.78. The van der Waals surface area contributed by atoms with Crippen molar-refractivity contribution in [1.29, 1.82) is 0 Å². The standard InChI is InChI=1S/C20H34N4O2.HI/c1-20(2,3)17(26-7)14-23-19(21-4)22-12-11-15-9-8-10-16(13-15)18(25)24(5)6;/h8-10,13,17H,11-12,14H2,1-7H3,(H2,21,22,23);1H. The third-order valence-corrected chi connectivity index (χ3v) is 4.22. The minimum atomic E-state index is 0. The summed E-state index contributed by atoms with van der Waals surface area (Å²) in [6.45, 7) is 7.88. The van der Waals surface area contributed by atoms with E-state index in [1.807, 2.05) is 24.3 Å². The van der Waals surface area contributed by atoms with Gasteiger partial charge < -0.3 is 20.3 Å². The molecular formula is C20H35IN4O2. The second kappa shape index (κ2) is 12.2. The molecule has 1 atom stereocenters. The first-order chi connectivity index (χ1) is 12.2. The van der Waals surface area contributed by atoms with Crippen LogP contribution in [0.4, 0.5) is 0 Å². The average Bonchev–Trinajstić information content (AvgIpc) is 2.59. The molecule has 27 heavy (non-hydrogen) atoms. The molecule has 0 bridgehead atoms. The monoisotopic (exact) mass is 490 g/mol. The van der Waals surface area contributed by atoms with Crippen molar-refractivity contribution in [3.63, 3.8) is 0 Å². The molecule has 1 amide bonds. The summed E-state index contributed by atoms with van der Waals surface area (Å²) in [5.41, 5.74) is 1.88. The lowest BCUT2D eigenvalue weighted by Gasteiger charge is -2.30. The Morgan fingerprint density at radius 2 is 1.93 bits per heavy atom.